The number of rotatable bonds is 5. The molecule has 0 atom stereocenters. The summed E-state index contributed by atoms with van der Waals surface area (Å²) in [7, 11) is 0. The van der Waals surface area contributed by atoms with Crippen LogP contribution in [0.3, 0.4) is 0 Å². The molecule has 0 bridgehead atoms. The average molecular weight is 529 g/mol. The summed E-state index contributed by atoms with van der Waals surface area (Å²) < 4.78 is 1.04. The average Bonchev–Trinajstić information content (AvgIpc) is 2.95. The van der Waals surface area contributed by atoms with E-state index in [4.69, 9.17) is 4.99 Å². The van der Waals surface area contributed by atoms with E-state index >= 15 is 0 Å². The number of amidine groups is 1. The molecule has 174 valence electrons. The predicted octanol–water partition coefficient (Wildman–Crippen LogP) is 8.21. The van der Waals surface area contributed by atoms with Crippen LogP contribution >= 0.6 is 15.9 Å². The Hall–Kier alpha value is -3.95. The number of aliphatic imine (C=N–C) groups is 1. The van der Waals surface area contributed by atoms with Gasteiger partial charge in [-0.2, -0.15) is 0 Å². The molecule has 0 N–H and O–H groups in total. The van der Waals surface area contributed by atoms with E-state index in [1.807, 2.05) is 0 Å². The molecule has 0 spiro atoms. The minimum Gasteiger partial charge on any atom is -0.321 e. The molecule has 1 aliphatic heterocycles. The molecule has 0 amide bonds. The van der Waals surface area contributed by atoms with E-state index in [1.54, 1.807) is 0 Å². The summed E-state index contributed by atoms with van der Waals surface area (Å²) in [5.74, 6) is 0.960. The molecule has 0 unspecified atom stereocenters. The molecule has 2 nitrogen and oxygen atoms in total. The molecule has 0 saturated heterocycles. The van der Waals surface area contributed by atoms with Crippen molar-refractivity contribution in [2.24, 2.45) is 4.99 Å². The maximum Gasteiger partial charge on any atom is 0.140 e. The molecule has 5 aromatic rings. The second-order valence-electron chi connectivity index (χ2n) is 8.98. The first-order chi connectivity index (χ1) is 17.8. The molecule has 3 heteroatoms. The first-order valence-corrected chi connectivity index (χ1v) is 12.9. The minimum absolute atomic E-state index is 0.694. The van der Waals surface area contributed by atoms with Crippen molar-refractivity contribution in [1.29, 1.82) is 0 Å². The Bertz CT molecular complexity index is 1460. The van der Waals surface area contributed by atoms with E-state index in [-0.39, 0.29) is 0 Å². The number of hydrogen-bond acceptors (Lipinski definition) is 2. The maximum absolute atomic E-state index is 5.71. The van der Waals surface area contributed by atoms with Crippen molar-refractivity contribution in [3.8, 4) is 0 Å². The monoisotopic (exact) mass is 528 g/mol. The second-order valence-corrected chi connectivity index (χ2v) is 9.89. The van der Waals surface area contributed by atoms with Crippen LogP contribution in [0.25, 0.3) is 0 Å². The first kappa shape index (κ1) is 22.5. The predicted molar refractivity (Wildman–Crippen MR) is 153 cm³/mol. The summed E-state index contributed by atoms with van der Waals surface area (Å²) in [6.45, 7) is 0.725. The molecule has 1 heterocycles. The minimum atomic E-state index is -0.694. The number of halogens is 1. The van der Waals surface area contributed by atoms with Crippen LogP contribution in [-0.2, 0) is 12.1 Å². The highest BCUT2D eigenvalue weighted by atomic mass is 79.9. The molecule has 0 saturated carbocycles. The van der Waals surface area contributed by atoms with E-state index in [2.05, 4.69) is 160 Å². The van der Waals surface area contributed by atoms with Crippen molar-refractivity contribution in [2.75, 3.05) is 4.90 Å². The number of benzene rings is 5. The summed E-state index contributed by atoms with van der Waals surface area (Å²) in [5, 5.41) is 0. The van der Waals surface area contributed by atoms with Crippen molar-refractivity contribution in [3.63, 3.8) is 0 Å². The molecule has 1 aliphatic rings. The molecular formula is C33H25BrN2. The normalized spacial score (nSPS) is 14.1. The zero-order valence-corrected chi connectivity index (χ0v) is 21.3. The molecule has 36 heavy (non-hydrogen) atoms. The van der Waals surface area contributed by atoms with Gasteiger partial charge in [-0.05, 0) is 34.9 Å². The summed E-state index contributed by atoms with van der Waals surface area (Å²) >= 11 is 3.77. The van der Waals surface area contributed by atoms with Gasteiger partial charge in [-0.1, -0.05) is 137 Å². The Kier molecular flexibility index (Phi) is 6.00. The Labute approximate surface area is 220 Å². The standard InChI is InChI=1S/C33H25BrN2/c34-29-21-22-31-30(23-29)33(27-17-9-3-10-18-27,28-19-11-4-12-20-28)35-32(26-15-7-2-8-16-26)36(31)24-25-13-5-1-6-14-25/h1-23H,24H2. The fourth-order valence-electron chi connectivity index (χ4n) is 5.13. The van der Waals surface area contributed by atoms with Crippen LogP contribution in [0, 0.1) is 0 Å². The van der Waals surface area contributed by atoms with Gasteiger partial charge in [0.1, 0.15) is 11.4 Å². The van der Waals surface area contributed by atoms with E-state index in [0.29, 0.717) is 0 Å². The van der Waals surface area contributed by atoms with Gasteiger partial charge in [0.05, 0.1) is 0 Å². The first-order valence-electron chi connectivity index (χ1n) is 12.1. The molecule has 0 radical (unpaired) electrons. The zero-order chi connectivity index (χ0) is 24.4. The van der Waals surface area contributed by atoms with Crippen molar-refractivity contribution in [1.82, 2.24) is 0 Å². The summed E-state index contributed by atoms with van der Waals surface area (Å²) in [6, 6.07) is 49.0. The molecular weight excluding hydrogens is 504 g/mol. The van der Waals surface area contributed by atoms with E-state index in [9.17, 15) is 0 Å². The lowest BCUT2D eigenvalue weighted by Gasteiger charge is -2.43. The van der Waals surface area contributed by atoms with Crippen LogP contribution in [0.5, 0.6) is 0 Å². The van der Waals surface area contributed by atoms with Crippen molar-refractivity contribution >= 4 is 27.5 Å². The number of nitrogens with zero attached hydrogens (tertiary/aromatic N) is 2. The smallest absolute Gasteiger partial charge is 0.140 e. The Morgan fingerprint density at radius 1 is 0.611 bits per heavy atom. The van der Waals surface area contributed by atoms with Gasteiger partial charge in [0.25, 0.3) is 0 Å². The van der Waals surface area contributed by atoms with Crippen LogP contribution in [0.2, 0.25) is 0 Å². The van der Waals surface area contributed by atoms with Crippen molar-refractivity contribution in [2.45, 2.75) is 12.1 Å². The van der Waals surface area contributed by atoms with Gasteiger partial charge in [-0.25, -0.2) is 4.99 Å². The van der Waals surface area contributed by atoms with Crippen LogP contribution < -0.4 is 4.90 Å². The van der Waals surface area contributed by atoms with Crippen LogP contribution in [0.1, 0.15) is 27.8 Å². The molecule has 5 aromatic carbocycles. The van der Waals surface area contributed by atoms with Gasteiger partial charge < -0.3 is 4.90 Å². The third-order valence-electron chi connectivity index (χ3n) is 6.77. The maximum atomic E-state index is 5.71. The lowest BCUT2D eigenvalue weighted by Crippen LogP contribution is -2.42. The quantitative estimate of drug-likeness (QED) is 0.224. The van der Waals surface area contributed by atoms with E-state index in [1.165, 1.54) is 5.56 Å². The van der Waals surface area contributed by atoms with Crippen LogP contribution in [0.4, 0.5) is 5.69 Å². The lowest BCUT2D eigenvalue weighted by atomic mass is 9.75. The van der Waals surface area contributed by atoms with Gasteiger partial charge in [0, 0.05) is 27.8 Å². The van der Waals surface area contributed by atoms with Crippen molar-refractivity contribution < 1.29 is 0 Å². The third kappa shape index (κ3) is 3.96. The van der Waals surface area contributed by atoms with E-state index in [0.717, 1.165) is 44.8 Å². The van der Waals surface area contributed by atoms with Gasteiger partial charge in [-0.15, -0.1) is 0 Å². The Morgan fingerprint density at radius 2 is 1.14 bits per heavy atom. The Morgan fingerprint density at radius 3 is 1.72 bits per heavy atom. The molecule has 6 rings (SSSR count). The molecule has 0 fully saturated rings. The van der Waals surface area contributed by atoms with Crippen LogP contribution in [-0.4, -0.2) is 5.84 Å². The van der Waals surface area contributed by atoms with Gasteiger partial charge in [0.15, 0.2) is 0 Å². The summed E-state index contributed by atoms with van der Waals surface area (Å²) in [6.07, 6.45) is 0. The van der Waals surface area contributed by atoms with Gasteiger partial charge in [-0.3, -0.25) is 0 Å². The zero-order valence-electron chi connectivity index (χ0n) is 19.8. The number of fused-ring (bicyclic) bond motifs is 1. The number of anilines is 1. The second kappa shape index (κ2) is 9.60. The SMILES string of the molecule is Brc1ccc2c(c1)C(c1ccccc1)(c1ccccc1)N=C(c1ccccc1)N2Cc1ccccc1. The number of hydrogen-bond donors (Lipinski definition) is 0. The van der Waals surface area contributed by atoms with Crippen LogP contribution in [0.15, 0.2) is 149 Å². The van der Waals surface area contributed by atoms with Crippen molar-refractivity contribution in [3.05, 3.63) is 172 Å². The Balaban J connectivity index is 1.70. The fraction of sp³-hybridized carbons (Fsp3) is 0.0606. The van der Waals surface area contributed by atoms with E-state index < -0.39 is 5.54 Å². The topological polar surface area (TPSA) is 15.6 Å². The molecule has 0 aliphatic carbocycles. The highest BCUT2D eigenvalue weighted by Gasteiger charge is 2.43. The largest absolute Gasteiger partial charge is 0.321 e. The highest BCUT2D eigenvalue weighted by molar-refractivity contribution is 9.10. The highest BCUT2D eigenvalue weighted by Crippen LogP contribution is 2.49. The summed E-state index contributed by atoms with van der Waals surface area (Å²) in [4.78, 5) is 8.06. The van der Waals surface area contributed by atoms with Gasteiger partial charge >= 0.3 is 0 Å². The van der Waals surface area contributed by atoms with Gasteiger partial charge in [0.2, 0.25) is 0 Å². The summed E-state index contributed by atoms with van der Waals surface area (Å²) in [5.41, 5.74) is 6.24. The lowest BCUT2D eigenvalue weighted by molar-refractivity contribution is 0.638. The fourth-order valence-corrected chi connectivity index (χ4v) is 5.49. The third-order valence-corrected chi connectivity index (χ3v) is 7.26. The molecule has 0 aromatic heterocycles.